The van der Waals surface area contributed by atoms with Gasteiger partial charge in [0.15, 0.2) is 0 Å². The van der Waals surface area contributed by atoms with Gasteiger partial charge in [0.05, 0.1) is 9.82 Å². The summed E-state index contributed by atoms with van der Waals surface area (Å²) in [6.07, 6.45) is 0.909. The molecule has 124 valence electrons. The highest BCUT2D eigenvalue weighted by atomic mass is 35.5. The van der Waals surface area contributed by atoms with Crippen LogP contribution in [0.4, 0.5) is 5.69 Å². The molecule has 1 aromatic carbocycles. The van der Waals surface area contributed by atoms with Crippen molar-refractivity contribution in [1.82, 2.24) is 10.0 Å². The van der Waals surface area contributed by atoms with Crippen LogP contribution in [0.25, 0.3) is 0 Å². The van der Waals surface area contributed by atoms with Gasteiger partial charge in [0.1, 0.15) is 0 Å². The number of hydrogen-bond donors (Lipinski definition) is 2. The third kappa shape index (κ3) is 4.16. The quantitative estimate of drug-likeness (QED) is 0.635. The number of hydrogen-bond acceptors (Lipinski definition) is 5. The lowest BCUT2D eigenvalue weighted by molar-refractivity contribution is -0.385. The lowest BCUT2D eigenvalue weighted by Crippen LogP contribution is -2.50. The summed E-state index contributed by atoms with van der Waals surface area (Å²) in [7, 11) is -3.67. The van der Waals surface area contributed by atoms with Crippen LogP contribution in [0.3, 0.4) is 0 Å². The van der Waals surface area contributed by atoms with Crippen LogP contribution in [0.5, 0.6) is 0 Å². The third-order valence-corrected chi connectivity index (χ3v) is 5.30. The van der Waals surface area contributed by atoms with Crippen molar-refractivity contribution in [3.63, 3.8) is 0 Å². The van der Waals surface area contributed by atoms with E-state index in [1.165, 1.54) is 25.1 Å². The molecule has 9 heteroatoms. The molecule has 0 bridgehead atoms. The first-order chi connectivity index (χ1) is 9.81. The molecule has 1 heterocycles. The summed E-state index contributed by atoms with van der Waals surface area (Å²) >= 11 is 0. The molecule has 7 nitrogen and oxygen atoms in total. The molecular formula is C13H20ClN3O4S. The Morgan fingerprint density at radius 3 is 2.64 bits per heavy atom. The minimum atomic E-state index is -3.67. The van der Waals surface area contributed by atoms with E-state index in [0.717, 1.165) is 13.0 Å². The Bertz CT molecular complexity index is 651. The van der Waals surface area contributed by atoms with Crippen molar-refractivity contribution in [1.29, 1.82) is 0 Å². The van der Waals surface area contributed by atoms with Crippen molar-refractivity contribution in [2.75, 3.05) is 13.1 Å². The summed E-state index contributed by atoms with van der Waals surface area (Å²) in [6, 6.07) is 3.67. The number of nitrogens with one attached hydrogen (secondary N) is 2. The van der Waals surface area contributed by atoms with Crippen molar-refractivity contribution in [3.8, 4) is 0 Å². The molecule has 1 aliphatic heterocycles. The zero-order valence-electron chi connectivity index (χ0n) is 12.4. The Morgan fingerprint density at radius 2 is 2.09 bits per heavy atom. The van der Waals surface area contributed by atoms with Crippen LogP contribution in [-0.2, 0) is 10.0 Å². The fourth-order valence-corrected chi connectivity index (χ4v) is 3.84. The van der Waals surface area contributed by atoms with Gasteiger partial charge in [-0.1, -0.05) is 6.92 Å². The van der Waals surface area contributed by atoms with Gasteiger partial charge in [0.25, 0.3) is 5.69 Å². The van der Waals surface area contributed by atoms with Gasteiger partial charge in [-0.25, -0.2) is 13.1 Å². The fraction of sp³-hybridized carbons (Fsp3) is 0.538. The maximum atomic E-state index is 12.4. The van der Waals surface area contributed by atoms with Crippen LogP contribution < -0.4 is 10.0 Å². The molecule has 2 N–H and O–H groups in total. The van der Waals surface area contributed by atoms with Crippen LogP contribution in [0.2, 0.25) is 0 Å². The second-order valence-electron chi connectivity index (χ2n) is 5.40. The van der Waals surface area contributed by atoms with E-state index in [9.17, 15) is 18.5 Å². The fourth-order valence-electron chi connectivity index (χ4n) is 2.41. The van der Waals surface area contributed by atoms with Crippen LogP contribution in [0.15, 0.2) is 23.1 Å². The first kappa shape index (κ1) is 18.8. The van der Waals surface area contributed by atoms with Gasteiger partial charge in [0.2, 0.25) is 10.0 Å². The summed E-state index contributed by atoms with van der Waals surface area (Å²) in [4.78, 5) is 10.3. The van der Waals surface area contributed by atoms with Crippen molar-refractivity contribution in [3.05, 3.63) is 33.9 Å². The summed E-state index contributed by atoms with van der Waals surface area (Å²) in [5.74, 6) is 0.250. The highest BCUT2D eigenvalue weighted by Gasteiger charge is 2.27. The summed E-state index contributed by atoms with van der Waals surface area (Å²) in [5.41, 5.74) is 0.249. The van der Waals surface area contributed by atoms with Gasteiger partial charge in [-0.15, -0.1) is 12.4 Å². The van der Waals surface area contributed by atoms with Gasteiger partial charge in [-0.2, -0.15) is 0 Å². The molecule has 2 atom stereocenters. The lowest BCUT2D eigenvalue weighted by atomic mass is 9.96. The predicted octanol–water partition coefficient (Wildman–Crippen LogP) is 1.60. The second kappa shape index (κ2) is 7.36. The number of nitro benzene ring substituents is 1. The first-order valence-electron chi connectivity index (χ1n) is 6.79. The highest BCUT2D eigenvalue weighted by Crippen LogP contribution is 2.22. The lowest BCUT2D eigenvalue weighted by Gasteiger charge is -2.30. The molecule has 0 saturated carbocycles. The molecule has 0 spiro atoms. The normalized spacial score (nSPS) is 21.9. The van der Waals surface area contributed by atoms with Crippen molar-refractivity contribution in [2.24, 2.45) is 5.92 Å². The standard InChI is InChI=1S/C13H19N3O4S.ClH/c1-9-5-6-14-8-12(9)15-21(19,20)11-3-4-13(16(17)18)10(2)7-11;/h3-4,7,9,12,14-15H,5-6,8H2,1-2H3;1H. The van der Waals surface area contributed by atoms with Crippen LogP contribution in [-0.4, -0.2) is 32.5 Å². The third-order valence-electron chi connectivity index (χ3n) is 3.81. The Kier molecular flexibility index (Phi) is 6.30. The zero-order valence-corrected chi connectivity index (χ0v) is 14.0. The number of halogens is 1. The number of piperidine rings is 1. The summed E-state index contributed by atoms with van der Waals surface area (Å²) < 4.78 is 27.4. The molecule has 1 aromatic rings. The van der Waals surface area contributed by atoms with E-state index in [0.29, 0.717) is 12.1 Å². The number of nitro groups is 1. The van der Waals surface area contributed by atoms with E-state index in [4.69, 9.17) is 0 Å². The molecule has 1 aliphatic rings. The van der Waals surface area contributed by atoms with Gasteiger partial charge < -0.3 is 5.32 Å². The van der Waals surface area contributed by atoms with E-state index >= 15 is 0 Å². The molecule has 0 amide bonds. The van der Waals surface area contributed by atoms with Gasteiger partial charge in [-0.3, -0.25) is 10.1 Å². The molecule has 22 heavy (non-hydrogen) atoms. The first-order valence-corrected chi connectivity index (χ1v) is 8.27. The SMILES string of the molecule is Cc1cc(S(=O)(=O)NC2CNCCC2C)ccc1[N+](=O)[O-].Cl. The van der Waals surface area contributed by atoms with E-state index in [-0.39, 0.29) is 34.9 Å². The van der Waals surface area contributed by atoms with Gasteiger partial charge in [0, 0.05) is 24.2 Å². The number of nitrogens with zero attached hydrogens (tertiary/aromatic N) is 1. The molecule has 0 radical (unpaired) electrons. The van der Waals surface area contributed by atoms with Crippen molar-refractivity contribution in [2.45, 2.75) is 31.2 Å². The molecule has 0 aromatic heterocycles. The van der Waals surface area contributed by atoms with Crippen molar-refractivity contribution < 1.29 is 13.3 Å². The monoisotopic (exact) mass is 349 g/mol. The smallest absolute Gasteiger partial charge is 0.272 e. The largest absolute Gasteiger partial charge is 0.315 e. The van der Waals surface area contributed by atoms with E-state index in [1.54, 1.807) is 0 Å². The molecule has 2 unspecified atom stereocenters. The minimum absolute atomic E-state index is 0. The van der Waals surface area contributed by atoms with Crippen LogP contribution in [0.1, 0.15) is 18.9 Å². The summed E-state index contributed by atoms with van der Waals surface area (Å²) in [6.45, 7) is 5.01. The molecule has 2 rings (SSSR count). The molecule has 0 aliphatic carbocycles. The summed E-state index contributed by atoms with van der Waals surface area (Å²) in [5, 5.41) is 13.9. The van der Waals surface area contributed by atoms with Crippen molar-refractivity contribution >= 4 is 28.1 Å². The van der Waals surface area contributed by atoms with E-state index in [2.05, 4.69) is 10.0 Å². The number of aryl methyl sites for hydroxylation is 1. The van der Waals surface area contributed by atoms with E-state index < -0.39 is 14.9 Å². The predicted molar refractivity (Wildman–Crippen MR) is 85.8 cm³/mol. The number of benzene rings is 1. The number of rotatable bonds is 4. The number of sulfonamides is 1. The Morgan fingerprint density at radius 1 is 1.41 bits per heavy atom. The van der Waals surface area contributed by atoms with E-state index in [1.807, 2.05) is 6.92 Å². The molecule has 1 saturated heterocycles. The Labute approximate surface area is 136 Å². The maximum absolute atomic E-state index is 12.4. The second-order valence-corrected chi connectivity index (χ2v) is 7.12. The topological polar surface area (TPSA) is 101 Å². The average molecular weight is 350 g/mol. The maximum Gasteiger partial charge on any atom is 0.272 e. The van der Waals surface area contributed by atoms with Gasteiger partial charge >= 0.3 is 0 Å². The Hall–Kier alpha value is -1.22. The highest BCUT2D eigenvalue weighted by molar-refractivity contribution is 7.89. The van der Waals surface area contributed by atoms with Crippen LogP contribution in [0, 0.1) is 23.0 Å². The average Bonchev–Trinajstić information content (AvgIpc) is 2.40. The van der Waals surface area contributed by atoms with Crippen LogP contribution >= 0.6 is 12.4 Å². The molecule has 1 fully saturated rings. The minimum Gasteiger partial charge on any atom is -0.315 e. The molecular weight excluding hydrogens is 330 g/mol. The Balaban J connectivity index is 0.00000242. The van der Waals surface area contributed by atoms with Gasteiger partial charge in [-0.05, 0) is 37.9 Å². The zero-order chi connectivity index (χ0) is 15.6.